The van der Waals surface area contributed by atoms with Crippen molar-refractivity contribution in [1.29, 1.82) is 5.26 Å². The molecule has 10 rings (SSSR count). The fourth-order valence-electron chi connectivity index (χ4n) is 12.2. The van der Waals surface area contributed by atoms with Crippen LogP contribution in [0.25, 0.3) is 11.1 Å². The number of amides is 2. The second-order valence-corrected chi connectivity index (χ2v) is 20.8. The molecule has 0 aromatic heterocycles. The van der Waals surface area contributed by atoms with Crippen molar-refractivity contribution < 1.29 is 38.4 Å². The molecule has 3 fully saturated rings. The standard InChI is InChI=1S/C52H61N5O8S/c1-10-19-62-43-30(3)44-45(64-28-63-44)41-36(43)21-39-46-51(7)31(20-29(2)42(61-9)47(51)58)22-52(26-53,27-56(46)8)57(39)40(41)23-54-48(59)38(55-49(60)65-50(4,5)6)25-66-24-37-34-17-13-11-15-32(34)33-16-12-14-18-35(33)37/h10-18,20,31,37-40,46,58H,1,19,21-25,27-28H2,2-9H3,(H,54,59)(H,55,60)/t31?,38-,39?,40-,46-,51?,52+/m0/s1. The lowest BCUT2D eigenvalue weighted by molar-refractivity contribution is -0.124. The lowest BCUT2D eigenvalue weighted by atomic mass is 9.63. The molecule has 0 radical (unpaired) electrons. The summed E-state index contributed by atoms with van der Waals surface area (Å²) in [6.45, 7) is 16.0. The summed E-state index contributed by atoms with van der Waals surface area (Å²) in [5, 5.41) is 30.1. The van der Waals surface area contributed by atoms with E-state index < -0.39 is 34.7 Å². The lowest BCUT2D eigenvalue weighted by Crippen LogP contribution is -2.72. The van der Waals surface area contributed by atoms with E-state index in [9.17, 15) is 20.0 Å². The number of methoxy groups -OCH3 is 1. The molecule has 14 heteroatoms. The smallest absolute Gasteiger partial charge is 0.408 e. The summed E-state index contributed by atoms with van der Waals surface area (Å²) in [5.74, 6) is 2.85. The minimum Gasteiger partial charge on any atom is -0.508 e. The first-order valence-electron chi connectivity index (χ1n) is 22.8. The van der Waals surface area contributed by atoms with Crippen molar-refractivity contribution in [3.63, 3.8) is 0 Å². The second-order valence-electron chi connectivity index (χ2n) is 19.7. The normalized spacial score (nSPS) is 26.6. The molecule has 5 heterocycles. The number of aliphatic hydroxyl groups is 1. The summed E-state index contributed by atoms with van der Waals surface area (Å²) >= 11 is 1.60. The van der Waals surface area contributed by atoms with E-state index >= 15 is 0 Å². The number of piperazine rings is 1. The number of hydrogen-bond acceptors (Lipinski definition) is 12. The number of carbonyl (C=O) groups is 2. The fourth-order valence-corrected chi connectivity index (χ4v) is 13.4. The van der Waals surface area contributed by atoms with Gasteiger partial charge < -0.3 is 39.4 Å². The maximum atomic E-state index is 14.9. The molecule has 0 saturated carbocycles. The number of hydrogen-bond donors (Lipinski definition) is 3. The van der Waals surface area contributed by atoms with Crippen LogP contribution in [0, 0.1) is 29.6 Å². The zero-order chi connectivity index (χ0) is 46.9. The predicted molar refractivity (Wildman–Crippen MR) is 254 cm³/mol. The van der Waals surface area contributed by atoms with Gasteiger partial charge in [-0.3, -0.25) is 14.6 Å². The predicted octanol–water partition coefficient (Wildman–Crippen LogP) is 8.09. The summed E-state index contributed by atoms with van der Waals surface area (Å²) in [4.78, 5) is 32.9. The third-order valence-electron chi connectivity index (χ3n) is 14.7. The second kappa shape index (κ2) is 17.2. The van der Waals surface area contributed by atoms with Crippen molar-refractivity contribution in [1.82, 2.24) is 20.4 Å². The number of nitrogens with one attached hydrogen (secondary N) is 2. The van der Waals surface area contributed by atoms with Crippen molar-refractivity contribution in [2.24, 2.45) is 11.3 Å². The Labute approximate surface area is 392 Å². The monoisotopic (exact) mass is 915 g/mol. The fraction of sp³-hybridized carbons (Fsp3) is 0.481. The summed E-state index contributed by atoms with van der Waals surface area (Å²) in [6, 6.07) is 17.5. The third kappa shape index (κ3) is 7.38. The summed E-state index contributed by atoms with van der Waals surface area (Å²) in [6.07, 6.45) is 4.03. The van der Waals surface area contributed by atoms with Crippen LogP contribution in [-0.4, -0.2) is 108 Å². The van der Waals surface area contributed by atoms with E-state index in [2.05, 4.69) is 94.6 Å². The van der Waals surface area contributed by atoms with Crippen LogP contribution >= 0.6 is 11.8 Å². The van der Waals surface area contributed by atoms with Gasteiger partial charge in [-0.1, -0.05) is 74.2 Å². The van der Waals surface area contributed by atoms with E-state index in [1.54, 1.807) is 45.7 Å². The average Bonchev–Trinajstić information content (AvgIpc) is 3.85. The maximum Gasteiger partial charge on any atom is 0.408 e. The number of alkyl carbamates (subject to hydrolysis) is 1. The van der Waals surface area contributed by atoms with E-state index in [1.165, 1.54) is 22.3 Å². The van der Waals surface area contributed by atoms with E-state index in [0.29, 0.717) is 48.1 Å². The van der Waals surface area contributed by atoms with Gasteiger partial charge in [-0.2, -0.15) is 17.0 Å². The Kier molecular flexibility index (Phi) is 11.9. The molecule has 2 amide bonds. The first-order chi connectivity index (χ1) is 31.6. The molecule has 7 aliphatic rings. The highest BCUT2D eigenvalue weighted by atomic mass is 32.2. The summed E-state index contributed by atoms with van der Waals surface area (Å²) in [7, 11) is 3.61. The van der Waals surface area contributed by atoms with Crippen LogP contribution in [0.1, 0.15) is 80.8 Å². The van der Waals surface area contributed by atoms with Gasteiger partial charge in [0.15, 0.2) is 17.3 Å². The van der Waals surface area contributed by atoms with Gasteiger partial charge >= 0.3 is 6.09 Å². The van der Waals surface area contributed by atoms with Crippen LogP contribution in [0.4, 0.5) is 4.79 Å². The Morgan fingerprint density at radius 3 is 2.44 bits per heavy atom. The molecular formula is C52H61N5O8S. The molecule has 7 atom stereocenters. The van der Waals surface area contributed by atoms with Crippen LogP contribution in [0.5, 0.6) is 17.2 Å². The van der Waals surface area contributed by atoms with Crippen LogP contribution in [0.15, 0.2) is 84.4 Å². The van der Waals surface area contributed by atoms with Gasteiger partial charge in [-0.05, 0) is 88.3 Å². The number of thioether (sulfide) groups is 1. The zero-order valence-electron chi connectivity index (χ0n) is 39.2. The topological polar surface area (TPSA) is 155 Å². The van der Waals surface area contributed by atoms with Crippen LogP contribution in [0.3, 0.4) is 0 Å². The average molecular weight is 916 g/mol. The highest BCUT2D eigenvalue weighted by Gasteiger charge is 2.67. The molecule has 3 N–H and O–H groups in total. The molecule has 348 valence electrons. The number of nitriles is 1. The number of ether oxygens (including phenoxy) is 5. The largest absolute Gasteiger partial charge is 0.508 e. The Morgan fingerprint density at radius 2 is 1.79 bits per heavy atom. The molecule has 3 unspecified atom stereocenters. The molecule has 3 aromatic carbocycles. The van der Waals surface area contributed by atoms with Gasteiger partial charge in [0, 0.05) is 59.3 Å². The van der Waals surface area contributed by atoms with Gasteiger partial charge in [-0.25, -0.2) is 4.79 Å². The third-order valence-corrected chi connectivity index (χ3v) is 15.8. The van der Waals surface area contributed by atoms with Crippen molar-refractivity contribution >= 4 is 23.8 Å². The van der Waals surface area contributed by atoms with Crippen LogP contribution < -0.4 is 24.8 Å². The maximum absolute atomic E-state index is 14.9. The lowest BCUT2D eigenvalue weighted by Gasteiger charge is -2.59. The number of rotatable bonds is 12. The van der Waals surface area contributed by atoms with Crippen LogP contribution in [0.2, 0.25) is 0 Å². The van der Waals surface area contributed by atoms with Crippen molar-refractivity contribution in [2.45, 2.75) is 95.6 Å². The molecule has 66 heavy (non-hydrogen) atoms. The SMILES string of the molecule is C=CCOc1c(C)c2c(c3c1CC1[C@@H]4N(C)C[C@](C#N)(CC5C=C(C)C(OC)=C(O)C54C)N1[C@H]3CNC(=O)[C@H](CSCC1c3ccccc3-c3ccccc31)NC(=O)OC(C)(C)C)OCO2. The first kappa shape index (κ1) is 45.5. The number of nitrogens with zero attached hydrogens (tertiary/aromatic N) is 3. The summed E-state index contributed by atoms with van der Waals surface area (Å²) < 4.78 is 30.6. The highest BCUT2D eigenvalue weighted by Crippen LogP contribution is 2.62. The van der Waals surface area contributed by atoms with Gasteiger partial charge in [0.1, 0.15) is 35.3 Å². The molecule has 0 spiro atoms. The number of benzene rings is 3. The van der Waals surface area contributed by atoms with Gasteiger partial charge in [0.05, 0.1) is 24.6 Å². The van der Waals surface area contributed by atoms with Crippen molar-refractivity contribution in [3.05, 3.63) is 112 Å². The first-order valence-corrected chi connectivity index (χ1v) is 24.0. The quantitative estimate of drug-likeness (QED) is 0.151. The molecule has 2 bridgehead atoms. The molecule has 3 aromatic rings. The Morgan fingerprint density at radius 1 is 1.11 bits per heavy atom. The number of aliphatic hydroxyl groups excluding tert-OH is 1. The van der Waals surface area contributed by atoms with E-state index in [1.807, 2.05) is 20.9 Å². The van der Waals surface area contributed by atoms with E-state index in [4.69, 9.17) is 23.7 Å². The zero-order valence-corrected chi connectivity index (χ0v) is 40.0. The van der Waals surface area contributed by atoms with Crippen molar-refractivity contribution in [2.75, 3.05) is 52.2 Å². The molecule has 2 aliphatic carbocycles. The molecular weight excluding hydrogens is 855 g/mol. The van der Waals surface area contributed by atoms with Gasteiger partial charge in [0.2, 0.25) is 12.7 Å². The number of likely N-dealkylation sites (N-methyl/N-ethyl adjacent to an activating group) is 1. The minimum atomic E-state index is -1.08. The number of allylic oxidation sites excluding steroid dienone is 2. The van der Waals surface area contributed by atoms with E-state index in [0.717, 1.165) is 22.3 Å². The molecule has 3 saturated heterocycles. The highest BCUT2D eigenvalue weighted by molar-refractivity contribution is 7.99. The Bertz CT molecular complexity index is 2540. The van der Waals surface area contributed by atoms with Gasteiger partial charge in [0.25, 0.3) is 0 Å². The molecule has 13 nitrogen and oxygen atoms in total. The minimum absolute atomic E-state index is 0.00250. The molecule has 5 aliphatic heterocycles. The number of fused-ring (bicyclic) bond motifs is 7. The van der Waals surface area contributed by atoms with Crippen molar-refractivity contribution in [3.8, 4) is 34.4 Å². The van der Waals surface area contributed by atoms with E-state index in [-0.39, 0.29) is 61.3 Å². The Balaban J connectivity index is 1.10. The number of carbonyl (C=O) groups excluding carboxylic acids is 2. The van der Waals surface area contributed by atoms with Crippen LogP contribution in [-0.2, 0) is 20.7 Å². The Hall–Kier alpha value is -5.62. The van der Waals surface area contributed by atoms with Gasteiger partial charge in [-0.15, -0.1) is 0 Å². The summed E-state index contributed by atoms with van der Waals surface area (Å²) in [5.41, 5.74) is 5.49.